The highest BCUT2D eigenvalue weighted by atomic mass is 16.5. The van der Waals surface area contributed by atoms with Crippen molar-refractivity contribution >= 4 is 0 Å². The van der Waals surface area contributed by atoms with Crippen LogP contribution < -0.4 is 4.74 Å². The second-order valence-corrected chi connectivity index (χ2v) is 3.63. The zero-order chi connectivity index (χ0) is 9.26. The second kappa shape index (κ2) is 3.25. The Bertz CT molecular complexity index is 320. The molecule has 1 saturated carbocycles. The van der Waals surface area contributed by atoms with Crippen molar-refractivity contribution in [1.82, 2.24) is 0 Å². The van der Waals surface area contributed by atoms with E-state index in [4.69, 9.17) is 4.74 Å². The van der Waals surface area contributed by atoms with E-state index in [1.807, 2.05) is 6.07 Å². The number of allylic oxidation sites excluding steroid dienone is 1. The van der Waals surface area contributed by atoms with Gasteiger partial charge in [-0.05, 0) is 36.5 Å². The van der Waals surface area contributed by atoms with Crippen LogP contribution in [0.2, 0.25) is 0 Å². The topological polar surface area (TPSA) is 9.23 Å². The van der Waals surface area contributed by atoms with E-state index in [1.54, 1.807) is 7.11 Å². The van der Waals surface area contributed by atoms with Crippen molar-refractivity contribution in [2.24, 2.45) is 0 Å². The van der Waals surface area contributed by atoms with Crippen LogP contribution in [0.5, 0.6) is 5.75 Å². The minimum Gasteiger partial charge on any atom is -0.497 e. The van der Waals surface area contributed by atoms with Crippen molar-refractivity contribution in [3.8, 4) is 5.75 Å². The molecule has 1 aromatic carbocycles. The molecule has 1 heteroatoms. The van der Waals surface area contributed by atoms with Gasteiger partial charge in [-0.15, -0.1) is 0 Å². The lowest BCUT2D eigenvalue weighted by Crippen LogP contribution is -2.11. The van der Waals surface area contributed by atoms with Gasteiger partial charge in [-0.3, -0.25) is 0 Å². The Balaban J connectivity index is 2.16. The Hall–Kier alpha value is -1.24. The predicted molar refractivity (Wildman–Crippen MR) is 54.1 cm³/mol. The van der Waals surface area contributed by atoms with Crippen LogP contribution in [0.3, 0.4) is 0 Å². The van der Waals surface area contributed by atoms with Gasteiger partial charge >= 0.3 is 0 Å². The molecular weight excluding hydrogens is 160 g/mol. The lowest BCUT2D eigenvalue weighted by molar-refractivity contribution is 0.413. The average Bonchev–Trinajstić information content (AvgIpc) is 2.13. The number of benzene rings is 1. The quantitative estimate of drug-likeness (QED) is 0.626. The molecule has 0 amide bonds. The summed E-state index contributed by atoms with van der Waals surface area (Å²) in [5, 5.41) is 0. The fourth-order valence-corrected chi connectivity index (χ4v) is 1.77. The monoisotopic (exact) mass is 174 g/mol. The molecule has 0 N–H and O–H groups in total. The van der Waals surface area contributed by atoms with Crippen molar-refractivity contribution in [3.05, 3.63) is 42.0 Å². The number of ether oxygens (including phenoxy) is 1. The molecule has 0 atom stereocenters. The van der Waals surface area contributed by atoms with Crippen LogP contribution in [0.1, 0.15) is 24.3 Å². The van der Waals surface area contributed by atoms with Gasteiger partial charge in [-0.25, -0.2) is 0 Å². The Labute approximate surface area is 79.0 Å². The first-order chi connectivity index (χ1) is 6.29. The van der Waals surface area contributed by atoms with E-state index in [0.29, 0.717) is 5.92 Å². The van der Waals surface area contributed by atoms with E-state index in [1.165, 1.54) is 11.1 Å². The number of hydrogen-bond acceptors (Lipinski definition) is 1. The summed E-state index contributed by atoms with van der Waals surface area (Å²) in [4.78, 5) is 0. The first-order valence-electron chi connectivity index (χ1n) is 4.60. The molecule has 1 fully saturated rings. The van der Waals surface area contributed by atoms with E-state index < -0.39 is 0 Å². The largest absolute Gasteiger partial charge is 0.497 e. The van der Waals surface area contributed by atoms with Gasteiger partial charge in [-0.1, -0.05) is 24.3 Å². The first-order valence-corrected chi connectivity index (χ1v) is 4.60. The van der Waals surface area contributed by atoms with Gasteiger partial charge in [0.05, 0.1) is 7.11 Å². The zero-order valence-electron chi connectivity index (χ0n) is 7.92. The third kappa shape index (κ3) is 1.59. The molecule has 68 valence electrons. The molecule has 0 spiro atoms. The minimum atomic E-state index is 0.683. The number of hydrogen-bond donors (Lipinski definition) is 0. The van der Waals surface area contributed by atoms with Crippen LogP contribution in [-0.2, 0) is 0 Å². The van der Waals surface area contributed by atoms with Crippen molar-refractivity contribution < 1.29 is 4.74 Å². The lowest BCUT2D eigenvalue weighted by atomic mass is 9.76. The van der Waals surface area contributed by atoms with Crippen molar-refractivity contribution in [1.29, 1.82) is 0 Å². The van der Waals surface area contributed by atoms with E-state index in [-0.39, 0.29) is 0 Å². The zero-order valence-corrected chi connectivity index (χ0v) is 7.92. The molecule has 1 nitrogen and oxygen atoms in total. The second-order valence-electron chi connectivity index (χ2n) is 3.63. The standard InChI is InChI=1S/C12H14O/c1-9-6-11(7-9)10-4-3-5-12(8-10)13-2/h3-5,8,11H,1,6-7H2,2H3. The van der Waals surface area contributed by atoms with Crippen LogP contribution in [-0.4, -0.2) is 7.11 Å². The summed E-state index contributed by atoms with van der Waals surface area (Å²) >= 11 is 0. The molecule has 0 saturated heterocycles. The van der Waals surface area contributed by atoms with Gasteiger partial charge in [0.25, 0.3) is 0 Å². The van der Waals surface area contributed by atoms with Crippen molar-refractivity contribution in [2.45, 2.75) is 18.8 Å². The fourth-order valence-electron chi connectivity index (χ4n) is 1.77. The van der Waals surface area contributed by atoms with Gasteiger partial charge in [-0.2, -0.15) is 0 Å². The van der Waals surface area contributed by atoms with E-state index >= 15 is 0 Å². The van der Waals surface area contributed by atoms with Crippen LogP contribution in [0.4, 0.5) is 0 Å². The van der Waals surface area contributed by atoms with E-state index in [2.05, 4.69) is 24.8 Å². The highest BCUT2D eigenvalue weighted by molar-refractivity contribution is 5.34. The first kappa shape index (κ1) is 8.36. The molecule has 0 radical (unpaired) electrons. The average molecular weight is 174 g/mol. The fraction of sp³-hybridized carbons (Fsp3) is 0.333. The lowest BCUT2D eigenvalue weighted by Gasteiger charge is -2.28. The number of methoxy groups -OCH3 is 1. The Morgan fingerprint density at radius 2 is 2.15 bits per heavy atom. The summed E-state index contributed by atoms with van der Waals surface area (Å²) in [7, 11) is 1.71. The Morgan fingerprint density at radius 1 is 1.38 bits per heavy atom. The highest BCUT2D eigenvalue weighted by Crippen LogP contribution is 2.40. The number of rotatable bonds is 2. The van der Waals surface area contributed by atoms with Gasteiger partial charge in [0.2, 0.25) is 0 Å². The smallest absolute Gasteiger partial charge is 0.119 e. The van der Waals surface area contributed by atoms with Gasteiger partial charge in [0.15, 0.2) is 0 Å². The minimum absolute atomic E-state index is 0.683. The molecule has 0 unspecified atom stereocenters. The van der Waals surface area contributed by atoms with Crippen LogP contribution in [0, 0.1) is 0 Å². The maximum absolute atomic E-state index is 5.18. The molecule has 2 rings (SSSR count). The SMILES string of the molecule is C=C1CC(c2cccc(OC)c2)C1. The van der Waals surface area contributed by atoms with E-state index in [0.717, 1.165) is 18.6 Å². The van der Waals surface area contributed by atoms with Gasteiger partial charge in [0, 0.05) is 0 Å². The normalized spacial score (nSPS) is 16.8. The molecule has 1 aliphatic carbocycles. The van der Waals surface area contributed by atoms with Gasteiger partial charge < -0.3 is 4.74 Å². The molecule has 0 heterocycles. The molecular formula is C12H14O. The summed E-state index contributed by atoms with van der Waals surface area (Å²) in [6.07, 6.45) is 2.29. The van der Waals surface area contributed by atoms with Crippen molar-refractivity contribution in [2.75, 3.05) is 7.11 Å². The molecule has 1 aliphatic rings. The summed E-state index contributed by atoms with van der Waals surface area (Å²) in [6.45, 7) is 3.95. The predicted octanol–water partition coefficient (Wildman–Crippen LogP) is 3.13. The maximum Gasteiger partial charge on any atom is 0.119 e. The third-order valence-electron chi connectivity index (χ3n) is 2.64. The van der Waals surface area contributed by atoms with Crippen molar-refractivity contribution in [3.63, 3.8) is 0 Å². The van der Waals surface area contributed by atoms with E-state index in [9.17, 15) is 0 Å². The highest BCUT2D eigenvalue weighted by Gasteiger charge is 2.22. The van der Waals surface area contributed by atoms with Crippen LogP contribution in [0.25, 0.3) is 0 Å². The molecule has 13 heavy (non-hydrogen) atoms. The molecule has 1 aromatic rings. The molecule has 0 aromatic heterocycles. The summed E-state index contributed by atoms with van der Waals surface area (Å²) in [5.74, 6) is 1.64. The summed E-state index contributed by atoms with van der Waals surface area (Å²) in [6, 6.07) is 8.32. The van der Waals surface area contributed by atoms with Crippen LogP contribution in [0.15, 0.2) is 36.4 Å². The summed E-state index contributed by atoms with van der Waals surface area (Å²) < 4.78 is 5.18. The summed E-state index contributed by atoms with van der Waals surface area (Å²) in [5.41, 5.74) is 2.75. The molecule has 0 aliphatic heterocycles. The third-order valence-corrected chi connectivity index (χ3v) is 2.64. The van der Waals surface area contributed by atoms with Crippen LogP contribution >= 0.6 is 0 Å². The van der Waals surface area contributed by atoms with Gasteiger partial charge in [0.1, 0.15) is 5.75 Å². The maximum atomic E-state index is 5.18. The Morgan fingerprint density at radius 3 is 2.77 bits per heavy atom. The molecule has 0 bridgehead atoms. The Kier molecular flexibility index (Phi) is 2.09.